The molecule has 0 aromatic heterocycles. The Morgan fingerprint density at radius 1 is 1.07 bits per heavy atom. The van der Waals surface area contributed by atoms with Crippen molar-refractivity contribution in [2.24, 2.45) is 0 Å². The molecule has 7 nitrogen and oxygen atoms in total. The van der Waals surface area contributed by atoms with Crippen LogP contribution in [0.1, 0.15) is 13.8 Å². The molecule has 0 aliphatic heterocycles. The molecule has 2 aromatic rings. The van der Waals surface area contributed by atoms with Gasteiger partial charge >= 0.3 is 0 Å². The first-order valence-electron chi connectivity index (χ1n) is 8.78. The van der Waals surface area contributed by atoms with Crippen molar-refractivity contribution in [3.05, 3.63) is 46.4 Å². The van der Waals surface area contributed by atoms with Crippen molar-refractivity contribution in [2.75, 3.05) is 32.1 Å². The van der Waals surface area contributed by atoms with E-state index in [1.807, 2.05) is 0 Å². The van der Waals surface area contributed by atoms with Crippen molar-refractivity contribution in [2.45, 2.75) is 18.7 Å². The molecule has 158 valence electrons. The van der Waals surface area contributed by atoms with Crippen molar-refractivity contribution < 1.29 is 22.7 Å². The standard InChI is InChI=1S/C19H22Cl2N2O5S/c1-4-23(5-2)29(25,26)14-7-9-17(27-3)16(11-14)22-19(24)12-28-18-10-13(20)6-8-15(18)21/h6-11H,4-5,12H2,1-3H3,(H,22,24). The van der Waals surface area contributed by atoms with E-state index < -0.39 is 15.9 Å². The van der Waals surface area contributed by atoms with E-state index in [1.165, 1.54) is 35.7 Å². The van der Waals surface area contributed by atoms with Crippen LogP contribution in [0.4, 0.5) is 5.69 Å². The van der Waals surface area contributed by atoms with Gasteiger partial charge in [0.1, 0.15) is 11.5 Å². The number of nitrogens with one attached hydrogen (secondary N) is 1. The van der Waals surface area contributed by atoms with Crippen LogP contribution in [-0.2, 0) is 14.8 Å². The van der Waals surface area contributed by atoms with Gasteiger partial charge in [0, 0.05) is 24.2 Å². The van der Waals surface area contributed by atoms with Crippen molar-refractivity contribution in [1.82, 2.24) is 4.31 Å². The Morgan fingerprint density at radius 3 is 2.38 bits per heavy atom. The molecule has 0 saturated heterocycles. The quantitative estimate of drug-likeness (QED) is 0.609. The van der Waals surface area contributed by atoms with Crippen LogP contribution in [0, 0.1) is 0 Å². The fraction of sp³-hybridized carbons (Fsp3) is 0.316. The molecule has 0 unspecified atom stereocenters. The van der Waals surface area contributed by atoms with E-state index in [9.17, 15) is 13.2 Å². The van der Waals surface area contributed by atoms with Gasteiger partial charge in [-0.25, -0.2) is 8.42 Å². The predicted octanol–water partition coefficient (Wildman–Crippen LogP) is 4.05. The molecule has 0 aliphatic rings. The Bertz CT molecular complexity index is 979. The number of amides is 1. The van der Waals surface area contributed by atoms with Crippen molar-refractivity contribution in [3.8, 4) is 11.5 Å². The van der Waals surface area contributed by atoms with E-state index in [0.29, 0.717) is 28.9 Å². The maximum absolute atomic E-state index is 12.7. The Hall–Kier alpha value is -2.00. The van der Waals surface area contributed by atoms with Gasteiger partial charge in [-0.05, 0) is 30.3 Å². The van der Waals surface area contributed by atoms with Gasteiger partial charge in [-0.3, -0.25) is 4.79 Å². The van der Waals surface area contributed by atoms with Gasteiger partial charge in [0.05, 0.1) is 22.7 Å². The number of carbonyl (C=O) groups excluding carboxylic acids is 1. The summed E-state index contributed by atoms with van der Waals surface area (Å²) in [5, 5.41) is 3.33. The zero-order valence-corrected chi connectivity index (χ0v) is 18.6. The van der Waals surface area contributed by atoms with Gasteiger partial charge in [-0.15, -0.1) is 0 Å². The molecule has 0 atom stereocenters. The van der Waals surface area contributed by atoms with Gasteiger partial charge in [0.25, 0.3) is 5.91 Å². The highest BCUT2D eigenvalue weighted by Crippen LogP contribution is 2.30. The summed E-state index contributed by atoms with van der Waals surface area (Å²) in [6.45, 7) is 3.83. The van der Waals surface area contributed by atoms with E-state index in [2.05, 4.69) is 5.32 Å². The van der Waals surface area contributed by atoms with Crippen LogP contribution in [0.3, 0.4) is 0 Å². The summed E-state index contributed by atoms with van der Waals surface area (Å²) < 4.78 is 37.4. The molecule has 2 aromatic carbocycles. The second-order valence-corrected chi connectivity index (χ2v) is 8.64. The SMILES string of the molecule is CCN(CC)S(=O)(=O)c1ccc(OC)c(NC(=O)COc2cc(Cl)ccc2Cl)c1. The van der Waals surface area contributed by atoms with Crippen LogP contribution in [-0.4, -0.2) is 45.4 Å². The molecule has 0 saturated carbocycles. The summed E-state index contributed by atoms with van der Waals surface area (Å²) in [5.74, 6) is 0.0634. The zero-order chi connectivity index (χ0) is 21.6. The second kappa shape index (κ2) is 10.2. The van der Waals surface area contributed by atoms with E-state index in [4.69, 9.17) is 32.7 Å². The molecule has 10 heteroatoms. The molecular formula is C19H22Cl2N2O5S. The number of sulfonamides is 1. The number of rotatable bonds is 9. The normalized spacial score (nSPS) is 11.4. The lowest BCUT2D eigenvalue weighted by Crippen LogP contribution is -2.30. The van der Waals surface area contributed by atoms with Crippen LogP contribution < -0.4 is 14.8 Å². The Kier molecular flexibility index (Phi) is 8.15. The Morgan fingerprint density at radius 2 is 1.76 bits per heavy atom. The van der Waals surface area contributed by atoms with Gasteiger partial charge < -0.3 is 14.8 Å². The summed E-state index contributed by atoms with van der Waals surface area (Å²) in [4.78, 5) is 12.4. The lowest BCUT2D eigenvalue weighted by Gasteiger charge is -2.19. The Balaban J connectivity index is 2.20. The maximum atomic E-state index is 12.7. The molecule has 0 heterocycles. The highest BCUT2D eigenvalue weighted by molar-refractivity contribution is 7.89. The molecule has 29 heavy (non-hydrogen) atoms. The molecule has 1 N–H and O–H groups in total. The maximum Gasteiger partial charge on any atom is 0.262 e. The van der Waals surface area contributed by atoms with E-state index in [-0.39, 0.29) is 22.9 Å². The first-order valence-corrected chi connectivity index (χ1v) is 11.0. The van der Waals surface area contributed by atoms with Crippen molar-refractivity contribution in [1.29, 1.82) is 0 Å². The highest BCUT2D eigenvalue weighted by Gasteiger charge is 2.23. The van der Waals surface area contributed by atoms with Gasteiger partial charge in [-0.1, -0.05) is 37.0 Å². The highest BCUT2D eigenvalue weighted by atomic mass is 35.5. The number of anilines is 1. The molecule has 0 radical (unpaired) electrons. The monoisotopic (exact) mass is 460 g/mol. The number of methoxy groups -OCH3 is 1. The number of halogens is 2. The third kappa shape index (κ3) is 5.76. The largest absolute Gasteiger partial charge is 0.495 e. The third-order valence-corrected chi connectivity index (χ3v) is 6.63. The Labute approximate surface area is 180 Å². The topological polar surface area (TPSA) is 84.9 Å². The van der Waals surface area contributed by atoms with E-state index in [0.717, 1.165) is 0 Å². The van der Waals surface area contributed by atoms with Crippen LogP contribution in [0.25, 0.3) is 0 Å². The summed E-state index contributed by atoms with van der Waals surface area (Å²) >= 11 is 11.9. The minimum atomic E-state index is -3.69. The van der Waals surface area contributed by atoms with Gasteiger partial charge in [0.15, 0.2) is 6.61 Å². The lowest BCUT2D eigenvalue weighted by atomic mass is 10.3. The fourth-order valence-corrected chi connectivity index (χ4v) is 4.39. The molecule has 0 bridgehead atoms. The number of benzene rings is 2. The van der Waals surface area contributed by atoms with Crippen molar-refractivity contribution >= 4 is 44.8 Å². The summed E-state index contributed by atoms with van der Waals surface area (Å²) in [6, 6.07) is 8.93. The molecule has 1 amide bonds. The molecule has 0 aliphatic carbocycles. The van der Waals surface area contributed by atoms with Crippen LogP contribution in [0.5, 0.6) is 11.5 Å². The van der Waals surface area contributed by atoms with Crippen LogP contribution in [0.2, 0.25) is 10.0 Å². The number of hydrogen-bond acceptors (Lipinski definition) is 5. The molecule has 2 rings (SSSR count). The molecule has 0 spiro atoms. The second-order valence-electron chi connectivity index (χ2n) is 5.86. The lowest BCUT2D eigenvalue weighted by molar-refractivity contribution is -0.118. The first kappa shape index (κ1) is 23.3. The number of ether oxygens (including phenoxy) is 2. The summed E-state index contributed by atoms with van der Waals surface area (Å²) in [7, 11) is -2.26. The third-order valence-electron chi connectivity index (χ3n) is 4.04. The fourth-order valence-electron chi connectivity index (χ4n) is 2.58. The molecule has 0 fully saturated rings. The van der Waals surface area contributed by atoms with Gasteiger partial charge in [-0.2, -0.15) is 4.31 Å². The van der Waals surface area contributed by atoms with Crippen molar-refractivity contribution in [3.63, 3.8) is 0 Å². The summed E-state index contributed by atoms with van der Waals surface area (Å²) in [5.41, 5.74) is 0.214. The van der Waals surface area contributed by atoms with E-state index >= 15 is 0 Å². The number of hydrogen-bond donors (Lipinski definition) is 1. The minimum absolute atomic E-state index is 0.0519. The average Bonchev–Trinajstić information content (AvgIpc) is 2.69. The van der Waals surface area contributed by atoms with Gasteiger partial charge in [0.2, 0.25) is 10.0 Å². The minimum Gasteiger partial charge on any atom is -0.495 e. The van der Waals surface area contributed by atoms with E-state index in [1.54, 1.807) is 26.0 Å². The summed E-state index contributed by atoms with van der Waals surface area (Å²) in [6.07, 6.45) is 0. The first-order chi connectivity index (χ1) is 13.7. The predicted molar refractivity (Wildman–Crippen MR) is 114 cm³/mol. The van der Waals surface area contributed by atoms with Crippen LogP contribution in [0.15, 0.2) is 41.3 Å². The average molecular weight is 461 g/mol. The number of nitrogens with zero attached hydrogens (tertiary/aromatic N) is 1. The smallest absolute Gasteiger partial charge is 0.262 e. The molecular weight excluding hydrogens is 439 g/mol. The number of carbonyl (C=O) groups is 1. The van der Waals surface area contributed by atoms with Crippen LogP contribution >= 0.6 is 23.2 Å². The zero-order valence-electron chi connectivity index (χ0n) is 16.2.